The number of hydrogen-bond donors (Lipinski definition) is 3. The number of carbonyl (C=O) groups is 1. The Kier molecular flexibility index (Phi) is 6.54. The zero-order valence-electron chi connectivity index (χ0n) is 18.7. The van der Waals surface area contributed by atoms with Gasteiger partial charge in [-0.2, -0.15) is 36.1 Å². The first-order valence-electron chi connectivity index (χ1n) is 10.7. The van der Waals surface area contributed by atoms with E-state index in [0.717, 1.165) is 15.4 Å². The van der Waals surface area contributed by atoms with Crippen molar-refractivity contribution in [2.45, 2.75) is 31.2 Å². The lowest BCUT2D eigenvalue weighted by Gasteiger charge is -2.61. The molecule has 1 aliphatic heterocycles. The molecule has 1 saturated heterocycles. The fourth-order valence-corrected chi connectivity index (χ4v) is 5.55. The lowest BCUT2D eigenvalue weighted by atomic mass is 9.60. The van der Waals surface area contributed by atoms with Gasteiger partial charge in [-0.3, -0.25) is 4.79 Å². The van der Waals surface area contributed by atoms with E-state index in [1.807, 2.05) is 17.4 Å². The zero-order valence-corrected chi connectivity index (χ0v) is 19.5. The van der Waals surface area contributed by atoms with Crippen LogP contribution < -0.4 is 20.1 Å². The normalized spacial score (nSPS) is 18.9. The number of amides is 1. The molecule has 0 radical (unpaired) electrons. The summed E-state index contributed by atoms with van der Waals surface area (Å²) in [6, 6.07) is 4.94. The third-order valence-corrected chi connectivity index (χ3v) is 7.54. The van der Waals surface area contributed by atoms with Crippen molar-refractivity contribution in [3.05, 3.63) is 24.4 Å². The molecule has 4 N–H and O–H groups in total. The van der Waals surface area contributed by atoms with E-state index < -0.39 is 47.5 Å². The van der Waals surface area contributed by atoms with E-state index in [1.165, 1.54) is 0 Å². The molecule has 0 bridgehead atoms. The van der Waals surface area contributed by atoms with Crippen molar-refractivity contribution in [2.24, 2.45) is 10.6 Å². The number of aliphatic hydroxyl groups excluding tert-OH is 1. The zero-order chi connectivity index (χ0) is 25.6. The summed E-state index contributed by atoms with van der Waals surface area (Å²) in [7, 11) is -2.72. The van der Waals surface area contributed by atoms with Crippen molar-refractivity contribution < 1.29 is 36.2 Å². The lowest BCUT2D eigenvalue weighted by molar-refractivity contribution is -0.201. The number of fused-ring (bicyclic) bond motifs is 1. The highest BCUT2D eigenvalue weighted by atomic mass is 32.2. The second-order valence-electron chi connectivity index (χ2n) is 8.98. The predicted octanol–water partition coefficient (Wildman–Crippen LogP) is 0.152. The average Bonchev–Trinajstić information content (AvgIpc) is 2.72. The topological polar surface area (TPSA) is 151 Å². The Morgan fingerprint density at radius 3 is 2.69 bits per heavy atom. The standard InChI is InChI=1S/C20H25F3N6O5S/c1-34-13-2-3-14-15(4-13)27-26-7-16(14)28-10-19(11-28)5-12(6-19)29(35(24,32)33)9-18(31)25-8-17(30)20(21,22)23/h2-4,7,12,17,30H,5-6,8-11H2,1H3,(H,25,31)(H2,24,32,33). The van der Waals surface area contributed by atoms with Gasteiger partial charge in [0.25, 0.3) is 10.2 Å². The van der Waals surface area contributed by atoms with Gasteiger partial charge in [-0.25, -0.2) is 5.14 Å². The molecule has 1 spiro atoms. The Labute approximate surface area is 199 Å². The second-order valence-corrected chi connectivity index (χ2v) is 10.5. The summed E-state index contributed by atoms with van der Waals surface area (Å²) in [4.78, 5) is 14.2. The molecule has 1 aromatic carbocycles. The number of aliphatic hydroxyl groups is 1. The van der Waals surface area contributed by atoms with Gasteiger partial charge in [0.15, 0.2) is 6.10 Å². The number of alkyl halides is 3. The molecule has 1 aromatic heterocycles. The maximum atomic E-state index is 12.4. The van der Waals surface area contributed by atoms with Crippen LogP contribution in [0.1, 0.15) is 12.8 Å². The molecule has 2 aliphatic rings. The number of anilines is 1. The van der Waals surface area contributed by atoms with Crippen LogP contribution in [0.3, 0.4) is 0 Å². The van der Waals surface area contributed by atoms with Gasteiger partial charge in [0.05, 0.1) is 37.6 Å². The SMILES string of the molecule is COc1ccc2c(N3CC4(CC(N(CC(=O)NCC(O)C(F)(F)F)S(N)(=O)=O)C4)C3)cnnc2c1. The minimum Gasteiger partial charge on any atom is -0.497 e. The van der Waals surface area contributed by atoms with Gasteiger partial charge >= 0.3 is 6.18 Å². The number of carbonyl (C=O) groups excluding carboxylic acids is 1. The Morgan fingerprint density at radius 2 is 2.09 bits per heavy atom. The maximum absolute atomic E-state index is 12.4. The van der Waals surface area contributed by atoms with Gasteiger partial charge in [0.1, 0.15) is 5.75 Å². The quantitative estimate of drug-likeness (QED) is 0.447. The Hall–Kier alpha value is -2.75. The molecule has 15 heteroatoms. The fraction of sp³-hybridized carbons (Fsp3) is 0.550. The Morgan fingerprint density at radius 1 is 1.40 bits per heavy atom. The maximum Gasteiger partial charge on any atom is 0.416 e. The highest BCUT2D eigenvalue weighted by molar-refractivity contribution is 7.86. The summed E-state index contributed by atoms with van der Waals surface area (Å²) in [5, 5.41) is 25.2. The van der Waals surface area contributed by atoms with E-state index >= 15 is 0 Å². The number of nitrogens with two attached hydrogens (primary N) is 1. The molecule has 1 unspecified atom stereocenters. The van der Waals surface area contributed by atoms with E-state index in [1.54, 1.807) is 19.4 Å². The van der Waals surface area contributed by atoms with E-state index in [-0.39, 0.29) is 5.41 Å². The van der Waals surface area contributed by atoms with Crippen molar-refractivity contribution in [1.29, 1.82) is 0 Å². The van der Waals surface area contributed by atoms with Crippen LogP contribution in [-0.2, 0) is 15.0 Å². The molecule has 192 valence electrons. The summed E-state index contributed by atoms with van der Waals surface area (Å²) in [6.45, 7) is -0.531. The summed E-state index contributed by atoms with van der Waals surface area (Å²) in [5.41, 5.74) is 1.40. The lowest BCUT2D eigenvalue weighted by Crippen LogP contribution is -2.68. The molecule has 2 aromatic rings. The minimum absolute atomic E-state index is 0.168. The molecule has 1 saturated carbocycles. The molecule has 2 heterocycles. The van der Waals surface area contributed by atoms with Crippen molar-refractivity contribution in [2.75, 3.05) is 38.2 Å². The number of hydrogen-bond acceptors (Lipinski definition) is 8. The van der Waals surface area contributed by atoms with Crippen LogP contribution in [-0.4, -0.2) is 85.5 Å². The molecular formula is C20H25F3N6O5S. The van der Waals surface area contributed by atoms with Crippen molar-refractivity contribution in [3.8, 4) is 5.75 Å². The smallest absolute Gasteiger partial charge is 0.416 e. The van der Waals surface area contributed by atoms with Gasteiger partial charge in [0, 0.05) is 36.0 Å². The largest absolute Gasteiger partial charge is 0.497 e. The van der Waals surface area contributed by atoms with Crippen LogP contribution in [0.15, 0.2) is 24.4 Å². The molecule has 11 nitrogen and oxygen atoms in total. The van der Waals surface area contributed by atoms with Crippen molar-refractivity contribution >= 4 is 32.7 Å². The van der Waals surface area contributed by atoms with Crippen LogP contribution in [0.2, 0.25) is 0 Å². The predicted molar refractivity (Wildman–Crippen MR) is 119 cm³/mol. The van der Waals surface area contributed by atoms with Crippen molar-refractivity contribution in [1.82, 2.24) is 19.8 Å². The fourth-order valence-electron chi connectivity index (χ4n) is 4.69. The number of benzene rings is 1. The first kappa shape index (κ1) is 25.3. The molecule has 35 heavy (non-hydrogen) atoms. The van der Waals surface area contributed by atoms with Crippen LogP contribution in [0.5, 0.6) is 5.75 Å². The van der Waals surface area contributed by atoms with Crippen LogP contribution >= 0.6 is 0 Å². The number of nitrogens with one attached hydrogen (secondary N) is 1. The number of halogens is 3. The summed E-state index contributed by atoms with van der Waals surface area (Å²) in [5.74, 6) is -0.325. The van der Waals surface area contributed by atoms with E-state index in [4.69, 9.17) is 15.0 Å². The van der Waals surface area contributed by atoms with E-state index in [2.05, 4.69) is 15.1 Å². The van der Waals surface area contributed by atoms with Gasteiger partial charge in [-0.1, -0.05) is 0 Å². The molecule has 4 rings (SSSR count). The molecule has 2 fully saturated rings. The summed E-state index contributed by atoms with van der Waals surface area (Å²) < 4.78 is 67.3. The van der Waals surface area contributed by atoms with Crippen LogP contribution in [0.4, 0.5) is 18.9 Å². The first-order valence-corrected chi connectivity index (χ1v) is 12.2. The first-order chi connectivity index (χ1) is 16.3. The molecular weight excluding hydrogens is 493 g/mol. The van der Waals surface area contributed by atoms with Gasteiger partial charge < -0.3 is 20.1 Å². The van der Waals surface area contributed by atoms with Gasteiger partial charge in [-0.15, -0.1) is 0 Å². The molecule has 1 aliphatic carbocycles. The summed E-state index contributed by atoms with van der Waals surface area (Å²) >= 11 is 0. The average molecular weight is 519 g/mol. The monoisotopic (exact) mass is 518 g/mol. The minimum atomic E-state index is -4.90. The van der Waals surface area contributed by atoms with Gasteiger partial charge in [0.2, 0.25) is 5.91 Å². The van der Waals surface area contributed by atoms with Gasteiger partial charge in [-0.05, 0) is 25.0 Å². The number of ether oxygens (including phenoxy) is 1. The second kappa shape index (κ2) is 9.04. The number of aromatic nitrogens is 2. The number of rotatable bonds is 8. The molecule has 1 atom stereocenters. The highest BCUT2D eigenvalue weighted by Gasteiger charge is 2.55. The molecule has 1 amide bonds. The third-order valence-electron chi connectivity index (χ3n) is 6.46. The van der Waals surface area contributed by atoms with Crippen LogP contribution in [0, 0.1) is 5.41 Å². The number of nitrogens with zero attached hydrogens (tertiary/aromatic N) is 4. The van der Waals surface area contributed by atoms with E-state index in [0.29, 0.717) is 37.2 Å². The Bertz CT molecular complexity index is 1210. The van der Waals surface area contributed by atoms with Crippen LogP contribution in [0.25, 0.3) is 10.9 Å². The van der Waals surface area contributed by atoms with Crippen molar-refractivity contribution in [3.63, 3.8) is 0 Å². The Balaban J connectivity index is 1.36. The highest BCUT2D eigenvalue weighted by Crippen LogP contribution is 2.52. The van der Waals surface area contributed by atoms with E-state index in [9.17, 15) is 26.4 Å². The summed E-state index contributed by atoms with van der Waals surface area (Å²) in [6.07, 6.45) is -5.09. The number of methoxy groups -OCH3 is 1. The third kappa shape index (κ3) is 5.27.